The molecule has 0 radical (unpaired) electrons. The molecule has 0 spiro atoms. The van der Waals surface area contributed by atoms with Gasteiger partial charge in [0.25, 0.3) is 0 Å². The lowest BCUT2D eigenvalue weighted by atomic mass is 10.0. The molecule has 0 saturated carbocycles. The smallest absolute Gasteiger partial charge is 0.193 e. The van der Waals surface area contributed by atoms with Crippen LogP contribution in [0.3, 0.4) is 0 Å². The number of aromatic nitrogens is 4. The topological polar surface area (TPSA) is 63.3 Å². The van der Waals surface area contributed by atoms with Gasteiger partial charge in [0.1, 0.15) is 29.8 Å². The first-order valence-electron chi connectivity index (χ1n) is 12.9. The molecule has 0 amide bonds. The van der Waals surface area contributed by atoms with Crippen molar-refractivity contribution >= 4 is 49.8 Å². The molecule has 38 heavy (non-hydrogen) atoms. The van der Waals surface area contributed by atoms with E-state index in [2.05, 4.69) is 49.3 Å². The first-order chi connectivity index (χ1) is 17.9. The van der Waals surface area contributed by atoms with Gasteiger partial charge in [0.2, 0.25) is 0 Å². The van der Waals surface area contributed by atoms with Crippen molar-refractivity contribution in [2.24, 2.45) is 0 Å². The number of halogens is 2. The summed E-state index contributed by atoms with van der Waals surface area (Å²) in [7, 11) is -0.956. The summed E-state index contributed by atoms with van der Waals surface area (Å²) in [4.78, 5) is 8.88. The van der Waals surface area contributed by atoms with Gasteiger partial charge in [-0.2, -0.15) is 0 Å². The Morgan fingerprint density at radius 3 is 2.16 bits per heavy atom. The van der Waals surface area contributed by atoms with Crippen LogP contribution in [0.1, 0.15) is 0 Å². The van der Waals surface area contributed by atoms with E-state index in [0.717, 1.165) is 23.0 Å². The first-order valence-corrected chi connectivity index (χ1v) is 20.7. The molecular formula is C27H38ClFN4O3Si2. The fraction of sp³-hybridized carbons (Fsp3) is 0.481. The third kappa shape index (κ3) is 6.66. The van der Waals surface area contributed by atoms with Crippen LogP contribution < -0.4 is 4.74 Å². The number of imidazole rings is 1. The van der Waals surface area contributed by atoms with E-state index in [4.69, 9.17) is 25.8 Å². The highest BCUT2D eigenvalue weighted by Crippen LogP contribution is 2.41. The van der Waals surface area contributed by atoms with Gasteiger partial charge in [-0.25, -0.2) is 14.4 Å². The third-order valence-electron chi connectivity index (χ3n) is 6.45. The van der Waals surface area contributed by atoms with Crippen molar-refractivity contribution in [3.63, 3.8) is 0 Å². The molecule has 11 heteroatoms. The van der Waals surface area contributed by atoms with Crippen molar-refractivity contribution in [2.75, 3.05) is 20.3 Å². The minimum Gasteiger partial charge on any atom is -0.493 e. The molecule has 0 fully saturated rings. The Kier molecular flexibility index (Phi) is 8.68. The van der Waals surface area contributed by atoms with E-state index in [1.807, 2.05) is 27.5 Å². The van der Waals surface area contributed by atoms with Crippen molar-refractivity contribution in [3.05, 3.63) is 41.7 Å². The zero-order valence-corrected chi connectivity index (χ0v) is 26.2. The Hall–Kier alpha value is -2.25. The number of nitrogens with zero attached hydrogens (tertiary/aromatic N) is 4. The highest BCUT2D eigenvalue weighted by molar-refractivity contribution is 6.76. The molecule has 0 bridgehead atoms. The Balaban J connectivity index is 1.72. The molecule has 3 heterocycles. The fourth-order valence-corrected chi connectivity index (χ4v) is 5.84. The van der Waals surface area contributed by atoms with Gasteiger partial charge in [-0.05, 0) is 30.3 Å². The number of fused-ring (bicyclic) bond motifs is 2. The Bertz CT molecular complexity index is 1430. The van der Waals surface area contributed by atoms with E-state index < -0.39 is 22.0 Å². The summed E-state index contributed by atoms with van der Waals surface area (Å²) in [5.41, 5.74) is 2.95. The van der Waals surface area contributed by atoms with Crippen LogP contribution >= 0.6 is 11.6 Å². The highest BCUT2D eigenvalue weighted by Gasteiger charge is 2.23. The average Bonchev–Trinajstić information content (AvgIpc) is 3.39. The minimum absolute atomic E-state index is 0.135. The molecule has 0 aliphatic carbocycles. The second-order valence-electron chi connectivity index (χ2n) is 12.1. The van der Waals surface area contributed by atoms with Crippen LogP contribution in [0.15, 0.2) is 30.7 Å². The maximum atomic E-state index is 15.7. The van der Waals surface area contributed by atoms with E-state index >= 15 is 4.39 Å². The fourth-order valence-electron chi connectivity index (χ4n) is 4.18. The van der Waals surface area contributed by atoms with Gasteiger partial charge in [-0.1, -0.05) is 50.9 Å². The van der Waals surface area contributed by atoms with Crippen LogP contribution in [0.4, 0.5) is 4.39 Å². The van der Waals surface area contributed by atoms with E-state index in [1.54, 1.807) is 12.4 Å². The largest absolute Gasteiger partial charge is 0.493 e. The van der Waals surface area contributed by atoms with Gasteiger partial charge >= 0.3 is 0 Å². The lowest BCUT2D eigenvalue weighted by Crippen LogP contribution is -2.22. The van der Waals surface area contributed by atoms with Gasteiger partial charge in [-0.15, -0.1) is 0 Å². The van der Waals surface area contributed by atoms with Crippen LogP contribution in [-0.4, -0.2) is 55.6 Å². The third-order valence-corrected chi connectivity index (χ3v) is 10.1. The maximum absolute atomic E-state index is 15.7. The van der Waals surface area contributed by atoms with E-state index in [0.29, 0.717) is 48.6 Å². The Morgan fingerprint density at radius 2 is 1.55 bits per heavy atom. The molecule has 0 aliphatic rings. The summed E-state index contributed by atoms with van der Waals surface area (Å²) in [5.74, 6) is -0.369. The molecule has 0 atom stereocenters. The number of methoxy groups -OCH3 is 1. The minimum atomic E-state index is -1.22. The molecule has 0 saturated heterocycles. The summed E-state index contributed by atoms with van der Waals surface area (Å²) in [5, 5.41) is 1.21. The monoisotopic (exact) mass is 576 g/mol. The van der Waals surface area contributed by atoms with Crippen LogP contribution in [0, 0.1) is 5.82 Å². The van der Waals surface area contributed by atoms with Crippen LogP contribution in [0.5, 0.6) is 5.75 Å². The highest BCUT2D eigenvalue weighted by atomic mass is 35.5. The average molecular weight is 577 g/mol. The number of rotatable bonds is 12. The summed E-state index contributed by atoms with van der Waals surface area (Å²) in [6.45, 7) is 15.9. The molecule has 4 aromatic rings. The van der Waals surface area contributed by atoms with Gasteiger partial charge < -0.3 is 23.3 Å². The van der Waals surface area contributed by atoms with Gasteiger partial charge in [-0.3, -0.25) is 0 Å². The van der Waals surface area contributed by atoms with Crippen molar-refractivity contribution in [2.45, 2.75) is 64.8 Å². The molecule has 4 rings (SSSR count). The SMILES string of the molecule is COc1c(-c2cn(COCC[Si](C)(C)C)c3nc(Cl)ccc23)cc2c(ncn2COCC[Si](C)(C)C)c1F. The summed E-state index contributed by atoms with van der Waals surface area (Å²) in [6.07, 6.45) is 3.54. The number of benzene rings is 1. The van der Waals surface area contributed by atoms with Gasteiger partial charge in [0.05, 0.1) is 19.0 Å². The first kappa shape index (κ1) is 28.8. The zero-order valence-electron chi connectivity index (χ0n) is 23.4. The predicted octanol–water partition coefficient (Wildman–Crippen LogP) is 7.48. The number of hydrogen-bond donors (Lipinski definition) is 0. The summed E-state index contributed by atoms with van der Waals surface area (Å²) < 4.78 is 37.0. The zero-order chi connectivity index (χ0) is 27.7. The Morgan fingerprint density at radius 1 is 0.921 bits per heavy atom. The molecule has 206 valence electrons. The molecular weight excluding hydrogens is 539 g/mol. The molecule has 7 nitrogen and oxygen atoms in total. The number of hydrogen-bond acceptors (Lipinski definition) is 5. The molecule has 0 N–H and O–H groups in total. The normalized spacial score (nSPS) is 12.7. The van der Waals surface area contributed by atoms with Crippen molar-refractivity contribution in [1.82, 2.24) is 19.1 Å². The van der Waals surface area contributed by atoms with Crippen molar-refractivity contribution in [3.8, 4) is 16.9 Å². The van der Waals surface area contributed by atoms with Crippen LogP contribution in [0.2, 0.25) is 56.5 Å². The summed E-state index contributed by atoms with van der Waals surface area (Å²) in [6, 6.07) is 7.67. The van der Waals surface area contributed by atoms with Crippen LogP contribution in [-0.2, 0) is 22.9 Å². The summed E-state index contributed by atoms with van der Waals surface area (Å²) >= 11 is 6.26. The van der Waals surface area contributed by atoms with E-state index in [-0.39, 0.29) is 11.3 Å². The van der Waals surface area contributed by atoms with Crippen LogP contribution in [0.25, 0.3) is 33.2 Å². The Labute approximate surface area is 230 Å². The molecule has 1 aromatic carbocycles. The lowest BCUT2D eigenvalue weighted by Gasteiger charge is -2.16. The second-order valence-corrected chi connectivity index (χ2v) is 23.7. The number of pyridine rings is 1. The predicted molar refractivity (Wildman–Crippen MR) is 158 cm³/mol. The lowest BCUT2D eigenvalue weighted by molar-refractivity contribution is 0.0898. The second kappa shape index (κ2) is 11.5. The van der Waals surface area contributed by atoms with E-state index in [1.165, 1.54) is 7.11 Å². The molecule has 0 unspecified atom stereocenters. The van der Waals surface area contributed by atoms with Gasteiger partial charge in [0.15, 0.2) is 11.6 Å². The molecule has 0 aliphatic heterocycles. The van der Waals surface area contributed by atoms with Crippen molar-refractivity contribution < 1.29 is 18.6 Å². The van der Waals surface area contributed by atoms with Crippen molar-refractivity contribution in [1.29, 1.82) is 0 Å². The maximum Gasteiger partial charge on any atom is 0.193 e. The number of ether oxygens (including phenoxy) is 3. The van der Waals surface area contributed by atoms with Gasteiger partial charge in [0, 0.05) is 52.1 Å². The molecule has 3 aromatic heterocycles. The quantitative estimate of drug-likeness (QED) is 0.0993. The van der Waals surface area contributed by atoms with E-state index in [9.17, 15) is 0 Å². The standard InChI is InChI=1S/C27H38ClFN4O3Si2/c1-34-26-20(14-22-25(24(26)29)30-16-33(22)18-36-11-13-38(5,6)7)21-15-32(17-35-10-12-37(2,3)4)27-19(21)8-9-23(28)31-27/h8-9,14-16H,10-13,17-18H2,1-7H3.